The largest absolute Gasteiger partial charge is 0.371 e. The quantitative estimate of drug-likeness (QED) is 0.935. The van der Waals surface area contributed by atoms with Gasteiger partial charge in [0.2, 0.25) is 5.91 Å². The van der Waals surface area contributed by atoms with Crippen molar-refractivity contribution in [2.75, 3.05) is 6.61 Å². The zero-order chi connectivity index (χ0) is 16.2. The Balaban J connectivity index is 1.67. The van der Waals surface area contributed by atoms with Gasteiger partial charge in [0, 0.05) is 19.0 Å². The number of benzene rings is 1. The molecule has 0 bridgehead atoms. The van der Waals surface area contributed by atoms with E-state index in [4.69, 9.17) is 16.3 Å². The predicted molar refractivity (Wildman–Crippen MR) is 84.6 cm³/mol. The summed E-state index contributed by atoms with van der Waals surface area (Å²) in [5, 5.41) is 3.04. The van der Waals surface area contributed by atoms with Crippen molar-refractivity contribution in [3.63, 3.8) is 0 Å². The zero-order valence-electron chi connectivity index (χ0n) is 12.3. The molecule has 1 saturated heterocycles. The maximum absolute atomic E-state index is 13.6. The molecule has 1 aliphatic heterocycles. The van der Waals surface area contributed by atoms with E-state index in [0.29, 0.717) is 18.6 Å². The highest BCUT2D eigenvalue weighted by Crippen LogP contribution is 2.31. The maximum Gasteiger partial charge on any atom is 0.224 e. The van der Waals surface area contributed by atoms with Crippen molar-refractivity contribution < 1.29 is 13.9 Å². The molecule has 0 aliphatic carbocycles. The van der Waals surface area contributed by atoms with Crippen molar-refractivity contribution in [3.05, 3.63) is 64.7 Å². The molecule has 0 spiro atoms. The minimum atomic E-state index is -0.486. The monoisotopic (exact) mass is 334 g/mol. The van der Waals surface area contributed by atoms with Gasteiger partial charge < -0.3 is 10.1 Å². The van der Waals surface area contributed by atoms with Crippen LogP contribution in [0.3, 0.4) is 0 Å². The van der Waals surface area contributed by atoms with E-state index in [2.05, 4.69) is 10.3 Å². The van der Waals surface area contributed by atoms with Crippen molar-refractivity contribution in [2.24, 2.45) is 0 Å². The van der Waals surface area contributed by atoms with E-state index in [9.17, 15) is 9.18 Å². The molecule has 1 amide bonds. The maximum atomic E-state index is 13.6. The molecule has 4 nitrogen and oxygen atoms in total. The SMILES string of the molecule is O=C(Cc1cccnc1)N[C@@H]1CCO[C@H]1c1ccc(Cl)c(F)c1. The molecule has 2 atom stereocenters. The Morgan fingerprint density at radius 3 is 3.04 bits per heavy atom. The smallest absolute Gasteiger partial charge is 0.224 e. The summed E-state index contributed by atoms with van der Waals surface area (Å²) >= 11 is 5.71. The van der Waals surface area contributed by atoms with Crippen LogP contribution in [0.1, 0.15) is 23.7 Å². The van der Waals surface area contributed by atoms with Crippen LogP contribution in [0.5, 0.6) is 0 Å². The molecule has 1 fully saturated rings. The molecule has 0 unspecified atom stereocenters. The van der Waals surface area contributed by atoms with Gasteiger partial charge >= 0.3 is 0 Å². The van der Waals surface area contributed by atoms with Gasteiger partial charge in [-0.1, -0.05) is 23.7 Å². The molecule has 1 N–H and O–H groups in total. The summed E-state index contributed by atoms with van der Waals surface area (Å²) in [4.78, 5) is 16.2. The lowest BCUT2D eigenvalue weighted by atomic mass is 10.0. The summed E-state index contributed by atoms with van der Waals surface area (Å²) in [6.45, 7) is 0.521. The number of rotatable bonds is 4. The van der Waals surface area contributed by atoms with Crippen molar-refractivity contribution >= 4 is 17.5 Å². The third-order valence-electron chi connectivity index (χ3n) is 3.80. The number of nitrogens with zero attached hydrogens (tertiary/aromatic N) is 1. The predicted octanol–water partition coefficient (Wildman–Crippen LogP) is 3.06. The first kappa shape index (κ1) is 15.9. The molecule has 2 aromatic rings. The second-order valence-electron chi connectivity index (χ2n) is 5.47. The van der Waals surface area contributed by atoms with Gasteiger partial charge in [0.05, 0.1) is 17.5 Å². The normalized spacial score (nSPS) is 20.4. The van der Waals surface area contributed by atoms with E-state index in [1.807, 2.05) is 6.07 Å². The Bertz CT molecular complexity index is 696. The second-order valence-corrected chi connectivity index (χ2v) is 5.87. The lowest BCUT2D eigenvalue weighted by Crippen LogP contribution is -2.37. The zero-order valence-corrected chi connectivity index (χ0v) is 13.1. The molecule has 1 aliphatic rings. The number of pyridine rings is 1. The lowest BCUT2D eigenvalue weighted by Gasteiger charge is -2.20. The first-order valence-electron chi connectivity index (χ1n) is 7.38. The average Bonchev–Trinajstić information content (AvgIpc) is 2.99. The first-order chi connectivity index (χ1) is 11.1. The van der Waals surface area contributed by atoms with Gasteiger partial charge in [-0.25, -0.2) is 4.39 Å². The molecule has 6 heteroatoms. The Kier molecular flexibility index (Phi) is 4.88. The van der Waals surface area contributed by atoms with E-state index < -0.39 is 5.82 Å². The van der Waals surface area contributed by atoms with Crippen LogP contribution in [0.15, 0.2) is 42.7 Å². The van der Waals surface area contributed by atoms with Crippen LogP contribution in [0.4, 0.5) is 4.39 Å². The Hall–Kier alpha value is -1.98. The van der Waals surface area contributed by atoms with Crippen LogP contribution in [-0.2, 0) is 16.0 Å². The third-order valence-corrected chi connectivity index (χ3v) is 4.10. The molecule has 23 heavy (non-hydrogen) atoms. The molecule has 2 heterocycles. The molecule has 1 aromatic heterocycles. The Labute approximate surface area is 138 Å². The molecule has 0 radical (unpaired) electrons. The van der Waals surface area contributed by atoms with Crippen molar-refractivity contribution in [1.82, 2.24) is 10.3 Å². The Morgan fingerprint density at radius 2 is 2.30 bits per heavy atom. The van der Waals surface area contributed by atoms with Gasteiger partial charge in [-0.2, -0.15) is 0 Å². The molecule has 0 saturated carbocycles. The number of carbonyl (C=O) groups excluding carboxylic acids is 1. The van der Waals surface area contributed by atoms with Crippen LogP contribution in [0, 0.1) is 5.82 Å². The topological polar surface area (TPSA) is 51.2 Å². The lowest BCUT2D eigenvalue weighted by molar-refractivity contribution is -0.121. The molecular formula is C17H16ClFN2O2. The van der Waals surface area contributed by atoms with Gasteiger partial charge in [-0.05, 0) is 35.7 Å². The first-order valence-corrected chi connectivity index (χ1v) is 7.76. The minimum absolute atomic E-state index is 0.0731. The van der Waals surface area contributed by atoms with Gasteiger partial charge in [-0.15, -0.1) is 0 Å². The highest BCUT2D eigenvalue weighted by molar-refractivity contribution is 6.30. The number of hydrogen-bond acceptors (Lipinski definition) is 3. The minimum Gasteiger partial charge on any atom is -0.371 e. The molecule has 3 rings (SSSR count). The van der Waals surface area contributed by atoms with Gasteiger partial charge in [0.15, 0.2) is 0 Å². The summed E-state index contributed by atoms with van der Waals surface area (Å²) in [5.41, 5.74) is 1.52. The number of ether oxygens (including phenoxy) is 1. The number of carbonyl (C=O) groups is 1. The number of aromatic nitrogens is 1. The number of amides is 1. The second kappa shape index (κ2) is 7.06. The summed E-state index contributed by atoms with van der Waals surface area (Å²) in [6.07, 6.45) is 3.91. The molecular weight excluding hydrogens is 319 g/mol. The third kappa shape index (κ3) is 3.86. The fraction of sp³-hybridized carbons (Fsp3) is 0.294. The number of hydrogen-bond donors (Lipinski definition) is 1. The molecule has 120 valence electrons. The van der Waals surface area contributed by atoms with E-state index in [-0.39, 0.29) is 29.5 Å². The Morgan fingerprint density at radius 1 is 1.43 bits per heavy atom. The average molecular weight is 335 g/mol. The van der Waals surface area contributed by atoms with Gasteiger partial charge in [0.25, 0.3) is 0 Å². The van der Waals surface area contributed by atoms with E-state index in [1.165, 1.54) is 12.1 Å². The van der Waals surface area contributed by atoms with Crippen LogP contribution in [-0.4, -0.2) is 23.5 Å². The van der Waals surface area contributed by atoms with E-state index in [0.717, 1.165) is 5.56 Å². The van der Waals surface area contributed by atoms with Crippen LogP contribution in [0.2, 0.25) is 5.02 Å². The van der Waals surface area contributed by atoms with Crippen LogP contribution >= 0.6 is 11.6 Å². The fourth-order valence-corrected chi connectivity index (χ4v) is 2.82. The van der Waals surface area contributed by atoms with E-state index >= 15 is 0 Å². The highest BCUT2D eigenvalue weighted by atomic mass is 35.5. The number of nitrogens with one attached hydrogen (secondary N) is 1. The summed E-state index contributed by atoms with van der Waals surface area (Å²) in [7, 11) is 0. The number of halogens is 2. The van der Waals surface area contributed by atoms with Gasteiger partial charge in [-0.3, -0.25) is 9.78 Å². The standard InChI is InChI=1S/C17H16ClFN2O2/c18-13-4-3-12(9-14(13)19)17-15(5-7-23-17)21-16(22)8-11-2-1-6-20-10-11/h1-4,6,9-10,15,17H,5,7-8H2,(H,21,22)/t15-,17+/m1/s1. The summed E-state index contributed by atoms with van der Waals surface area (Å²) in [6, 6.07) is 8.05. The summed E-state index contributed by atoms with van der Waals surface area (Å²) < 4.78 is 19.3. The van der Waals surface area contributed by atoms with Crippen LogP contribution in [0.25, 0.3) is 0 Å². The van der Waals surface area contributed by atoms with Gasteiger partial charge in [0.1, 0.15) is 11.9 Å². The fourth-order valence-electron chi connectivity index (χ4n) is 2.70. The van der Waals surface area contributed by atoms with E-state index in [1.54, 1.807) is 24.5 Å². The summed E-state index contributed by atoms with van der Waals surface area (Å²) in [5.74, 6) is -0.590. The molecule has 1 aromatic carbocycles. The van der Waals surface area contributed by atoms with Crippen molar-refractivity contribution in [2.45, 2.75) is 25.0 Å². The van der Waals surface area contributed by atoms with Crippen LogP contribution < -0.4 is 5.32 Å². The highest BCUT2D eigenvalue weighted by Gasteiger charge is 2.31. The van der Waals surface area contributed by atoms with Crippen molar-refractivity contribution in [3.8, 4) is 0 Å². The van der Waals surface area contributed by atoms with Crippen molar-refractivity contribution in [1.29, 1.82) is 0 Å².